The molecule has 0 amide bonds. The second-order valence-corrected chi connectivity index (χ2v) is 11.8. The Labute approximate surface area is 272 Å². The van der Waals surface area contributed by atoms with E-state index in [1.807, 2.05) is 12.1 Å². The minimum absolute atomic E-state index is 0.0114. The Balaban J connectivity index is 0.000000353. The lowest BCUT2D eigenvalue weighted by molar-refractivity contribution is -0.139. The Morgan fingerprint density at radius 1 is 0.532 bits per heavy atom. The summed E-state index contributed by atoms with van der Waals surface area (Å²) in [5.74, 6) is -3.37. The highest BCUT2D eigenvalue weighted by atomic mass is 32.2. The minimum atomic E-state index is -4.69. The van der Waals surface area contributed by atoms with Gasteiger partial charge < -0.3 is 17.2 Å². The van der Waals surface area contributed by atoms with Crippen molar-refractivity contribution in [2.75, 3.05) is 34.5 Å². The normalized spacial score (nSPS) is 11.7. The first kappa shape index (κ1) is 41.3. The van der Waals surface area contributed by atoms with Crippen LogP contribution in [-0.2, 0) is 6.18 Å². The van der Waals surface area contributed by atoms with Crippen molar-refractivity contribution >= 4 is 52.3 Å². The van der Waals surface area contributed by atoms with Crippen molar-refractivity contribution in [3.05, 3.63) is 71.3 Å². The van der Waals surface area contributed by atoms with Gasteiger partial charge in [0.05, 0.1) is 39.6 Å². The van der Waals surface area contributed by atoms with Crippen molar-refractivity contribution < 1.29 is 52.7 Å². The first-order valence-corrected chi connectivity index (χ1v) is 15.0. The molecule has 3 aromatic rings. The summed E-state index contributed by atoms with van der Waals surface area (Å²) < 4.78 is 145. The van der Waals surface area contributed by atoms with Gasteiger partial charge >= 0.3 is 24.7 Å². The summed E-state index contributed by atoms with van der Waals surface area (Å²) in [6.45, 7) is 0. The SMILES string of the molecule is N#Cc1ccc(N)cc1SCC(F)(F)F.N#Cc1ccc(SCC(F)(F)F)cc1N.Nc1ccc(C(F)(F)F)c(SCC(F)(F)F)c1. The van der Waals surface area contributed by atoms with Crippen LogP contribution in [0.25, 0.3) is 0 Å². The van der Waals surface area contributed by atoms with Gasteiger partial charge in [0, 0.05) is 26.1 Å². The zero-order chi connectivity index (χ0) is 36.2. The largest absolute Gasteiger partial charge is 0.417 e. The van der Waals surface area contributed by atoms with E-state index < -0.39 is 52.4 Å². The summed E-state index contributed by atoms with van der Waals surface area (Å²) in [5.41, 5.74) is 16.0. The molecule has 0 aliphatic rings. The van der Waals surface area contributed by atoms with Gasteiger partial charge in [-0.2, -0.15) is 63.2 Å². The quantitative estimate of drug-likeness (QED) is 0.130. The number of rotatable bonds is 6. The maximum absolute atomic E-state index is 12.5. The lowest BCUT2D eigenvalue weighted by Crippen LogP contribution is -2.12. The van der Waals surface area contributed by atoms with Crippen LogP contribution in [0.15, 0.2) is 69.3 Å². The number of nitrogens with zero attached hydrogens (tertiary/aromatic N) is 2. The van der Waals surface area contributed by atoms with Crippen molar-refractivity contribution in [3.63, 3.8) is 0 Å². The van der Waals surface area contributed by atoms with Gasteiger partial charge in [0.25, 0.3) is 0 Å². The fourth-order valence-electron chi connectivity index (χ4n) is 2.86. The Bertz CT molecular complexity index is 1560. The number of hydrogen-bond donors (Lipinski definition) is 3. The molecule has 6 N–H and O–H groups in total. The first-order chi connectivity index (χ1) is 21.4. The summed E-state index contributed by atoms with van der Waals surface area (Å²) in [5, 5.41) is 17.2. The highest BCUT2D eigenvalue weighted by Gasteiger charge is 2.35. The van der Waals surface area contributed by atoms with Gasteiger partial charge in [-0.1, -0.05) is 0 Å². The summed E-state index contributed by atoms with van der Waals surface area (Å²) in [7, 11) is 0. The lowest BCUT2D eigenvalue weighted by atomic mass is 10.2. The van der Waals surface area contributed by atoms with Crippen LogP contribution in [0, 0.1) is 22.7 Å². The van der Waals surface area contributed by atoms with Gasteiger partial charge in [0.2, 0.25) is 0 Å². The molecule has 0 unspecified atom stereocenters. The number of halogens is 12. The van der Waals surface area contributed by atoms with Crippen molar-refractivity contribution in [2.24, 2.45) is 0 Å². The summed E-state index contributed by atoms with van der Waals surface area (Å²) in [6.07, 6.45) is -17.7. The molecule has 0 saturated heterocycles. The minimum Gasteiger partial charge on any atom is -0.399 e. The van der Waals surface area contributed by atoms with E-state index in [0.29, 0.717) is 40.2 Å². The molecule has 0 heterocycles. The third-order valence-corrected chi connectivity index (χ3v) is 8.07. The maximum Gasteiger partial charge on any atom is 0.417 e. The van der Waals surface area contributed by atoms with Crippen LogP contribution in [0.4, 0.5) is 69.7 Å². The monoisotopic (exact) mass is 739 g/mol. The first-order valence-electron chi connectivity index (χ1n) is 12.1. The van der Waals surface area contributed by atoms with Gasteiger partial charge in [-0.15, -0.1) is 35.3 Å². The maximum atomic E-state index is 12.5. The number of nitrogens with two attached hydrogens (primary N) is 3. The molecule has 0 fully saturated rings. The van der Waals surface area contributed by atoms with Crippen molar-refractivity contribution in [3.8, 4) is 12.1 Å². The zero-order valence-electron chi connectivity index (χ0n) is 23.2. The Kier molecular flexibility index (Phi) is 15.3. The van der Waals surface area contributed by atoms with E-state index >= 15 is 0 Å². The number of thioether (sulfide) groups is 3. The third-order valence-electron chi connectivity index (χ3n) is 4.77. The summed E-state index contributed by atoms with van der Waals surface area (Å²) >= 11 is 1.28. The second-order valence-electron chi connectivity index (χ2n) is 8.69. The van der Waals surface area contributed by atoms with E-state index in [1.165, 1.54) is 36.4 Å². The van der Waals surface area contributed by atoms with Gasteiger partial charge in [-0.05, 0) is 54.6 Å². The topological polar surface area (TPSA) is 126 Å². The number of hydrogen-bond acceptors (Lipinski definition) is 8. The fraction of sp³-hybridized carbons (Fsp3) is 0.259. The van der Waals surface area contributed by atoms with Gasteiger partial charge in [0.1, 0.15) is 12.1 Å². The highest BCUT2D eigenvalue weighted by Crippen LogP contribution is 2.39. The third kappa shape index (κ3) is 17.1. The second kappa shape index (κ2) is 17.4. The van der Waals surface area contributed by atoms with Crippen molar-refractivity contribution in [1.29, 1.82) is 10.5 Å². The Morgan fingerprint density at radius 3 is 1.40 bits per heavy atom. The lowest BCUT2D eigenvalue weighted by Gasteiger charge is -2.13. The number of alkyl halides is 12. The van der Waals surface area contributed by atoms with E-state index in [4.69, 9.17) is 27.7 Å². The predicted molar refractivity (Wildman–Crippen MR) is 157 cm³/mol. The number of benzene rings is 3. The van der Waals surface area contributed by atoms with Crippen LogP contribution < -0.4 is 17.2 Å². The van der Waals surface area contributed by atoms with Crippen LogP contribution in [0.1, 0.15) is 16.7 Å². The number of nitriles is 2. The van der Waals surface area contributed by atoms with E-state index in [2.05, 4.69) is 0 Å². The molecule has 0 atom stereocenters. The molecule has 0 bridgehead atoms. The molecule has 256 valence electrons. The average molecular weight is 740 g/mol. The average Bonchev–Trinajstić information content (AvgIpc) is 2.93. The molecule has 0 aliphatic heterocycles. The van der Waals surface area contributed by atoms with E-state index in [9.17, 15) is 52.7 Å². The molecule has 0 spiro atoms. The number of nitrogen functional groups attached to an aromatic ring is 3. The highest BCUT2D eigenvalue weighted by molar-refractivity contribution is 7.99. The molecule has 3 aromatic carbocycles. The fourth-order valence-corrected chi connectivity index (χ4v) is 5.25. The standard InChI is InChI=1S/C9H7F6NS.2C9H7F3N2S/c10-8(11,12)4-17-7-3-5(16)1-2-6(7)9(13,14)15;10-9(11,12)5-15-7-2-1-6(4-13)8(14)3-7;10-9(11,12)5-15-8-3-7(14)2-1-6(8)4-13/h1-3H,4,16H2;2*1-3H,5,14H2. The molecule has 0 saturated carbocycles. The number of anilines is 3. The van der Waals surface area contributed by atoms with Gasteiger partial charge in [-0.25, -0.2) is 0 Å². The van der Waals surface area contributed by atoms with Crippen LogP contribution in [0.2, 0.25) is 0 Å². The van der Waals surface area contributed by atoms with Crippen molar-refractivity contribution in [1.82, 2.24) is 0 Å². The van der Waals surface area contributed by atoms with Crippen LogP contribution >= 0.6 is 35.3 Å². The van der Waals surface area contributed by atoms with Crippen LogP contribution in [0.5, 0.6) is 0 Å². The smallest absolute Gasteiger partial charge is 0.399 e. The van der Waals surface area contributed by atoms with Gasteiger partial charge in [-0.3, -0.25) is 0 Å². The molecular formula is C27H21F12N5S3. The van der Waals surface area contributed by atoms with Crippen molar-refractivity contribution in [2.45, 2.75) is 39.4 Å². The zero-order valence-corrected chi connectivity index (χ0v) is 25.7. The predicted octanol–water partition coefficient (Wildman–Crippen LogP) is 9.53. The molecule has 0 aromatic heterocycles. The van der Waals surface area contributed by atoms with Crippen LogP contribution in [-0.4, -0.2) is 35.8 Å². The molecule has 0 aliphatic carbocycles. The summed E-state index contributed by atoms with van der Waals surface area (Å²) in [6, 6.07) is 14.7. The molecule has 0 radical (unpaired) electrons. The Hall–Kier alpha value is -3.75. The molecule has 5 nitrogen and oxygen atoms in total. The van der Waals surface area contributed by atoms with E-state index in [0.717, 1.165) is 12.1 Å². The molecule has 3 rings (SSSR count). The van der Waals surface area contributed by atoms with E-state index in [1.54, 1.807) is 0 Å². The molecular weight excluding hydrogens is 719 g/mol. The summed E-state index contributed by atoms with van der Waals surface area (Å²) in [4.78, 5) is 0.147. The Morgan fingerprint density at radius 2 is 0.957 bits per heavy atom. The molecule has 47 heavy (non-hydrogen) atoms. The van der Waals surface area contributed by atoms with Crippen LogP contribution in [0.3, 0.4) is 0 Å². The van der Waals surface area contributed by atoms with Gasteiger partial charge in [0.15, 0.2) is 0 Å². The van der Waals surface area contributed by atoms with E-state index in [-0.39, 0.29) is 39.2 Å². The molecule has 20 heteroatoms.